The number of amides is 4. The normalized spacial score (nSPS) is 18.1. The minimum Gasteiger partial charge on any atom is -0.354 e. The summed E-state index contributed by atoms with van der Waals surface area (Å²) < 4.78 is 13.8. The summed E-state index contributed by atoms with van der Waals surface area (Å²) in [5, 5.41) is 2.22. The van der Waals surface area contributed by atoms with Crippen LogP contribution in [0.15, 0.2) is 29.2 Å². The van der Waals surface area contributed by atoms with Gasteiger partial charge in [-0.15, -0.1) is 11.8 Å². The maximum absolute atomic E-state index is 13.8. The number of imide groups is 1. The Kier molecular flexibility index (Phi) is 9.37. The Morgan fingerprint density at radius 1 is 1.21 bits per heavy atom. The maximum Gasteiger partial charge on any atom is 0.293 e. The summed E-state index contributed by atoms with van der Waals surface area (Å²) in [6, 6.07) is 6.30. The second kappa shape index (κ2) is 12.2. The zero-order chi connectivity index (χ0) is 23.8. The highest BCUT2D eigenvalue weighted by atomic mass is 32.2. The van der Waals surface area contributed by atoms with Gasteiger partial charge < -0.3 is 10.2 Å². The second-order valence-corrected chi connectivity index (χ2v) is 9.97. The van der Waals surface area contributed by atoms with Crippen LogP contribution in [0.3, 0.4) is 0 Å². The molecule has 0 atom stereocenters. The van der Waals surface area contributed by atoms with Gasteiger partial charge in [0.1, 0.15) is 5.82 Å². The average Bonchev–Trinajstić information content (AvgIpc) is 3.08. The van der Waals surface area contributed by atoms with Crippen LogP contribution in [0.2, 0.25) is 0 Å². The van der Waals surface area contributed by atoms with Crippen molar-refractivity contribution < 1.29 is 23.6 Å². The van der Waals surface area contributed by atoms with Gasteiger partial charge >= 0.3 is 0 Å². The van der Waals surface area contributed by atoms with Gasteiger partial charge in [0.15, 0.2) is 0 Å². The van der Waals surface area contributed by atoms with Gasteiger partial charge in [0.25, 0.3) is 11.1 Å². The Labute approximate surface area is 201 Å². The smallest absolute Gasteiger partial charge is 0.293 e. The van der Waals surface area contributed by atoms with E-state index >= 15 is 0 Å². The first kappa shape index (κ1) is 25.3. The topological polar surface area (TPSA) is 86.8 Å². The molecule has 0 bridgehead atoms. The molecule has 1 heterocycles. The third-order valence-electron chi connectivity index (χ3n) is 5.70. The van der Waals surface area contributed by atoms with Crippen molar-refractivity contribution in [3.8, 4) is 0 Å². The number of carbonyl (C=O) groups excluding carboxylic acids is 4. The van der Waals surface area contributed by atoms with E-state index in [9.17, 15) is 23.6 Å². The Hall–Kier alpha value is -2.33. The van der Waals surface area contributed by atoms with E-state index in [0.717, 1.165) is 42.3 Å². The van der Waals surface area contributed by atoms with Gasteiger partial charge in [0, 0.05) is 31.7 Å². The lowest BCUT2D eigenvalue weighted by Crippen LogP contribution is -2.40. The van der Waals surface area contributed by atoms with Gasteiger partial charge in [-0.25, -0.2) is 4.39 Å². The van der Waals surface area contributed by atoms with E-state index in [1.807, 2.05) is 7.05 Å². The Bertz CT molecular complexity index is 934. The molecule has 0 unspecified atom stereocenters. The summed E-state index contributed by atoms with van der Waals surface area (Å²) in [7, 11) is 1.83. The minimum absolute atomic E-state index is 0.0268. The lowest BCUT2D eigenvalue weighted by Gasteiger charge is -2.31. The SMILES string of the molecule is CN(C(=O)CSCC(=O)NCCN1C(=O)SC(=Cc2ccccc2F)C1=O)C1CCCCC1. The van der Waals surface area contributed by atoms with Crippen molar-refractivity contribution in [2.24, 2.45) is 0 Å². The number of hydrogen-bond donors (Lipinski definition) is 1. The van der Waals surface area contributed by atoms with E-state index in [1.54, 1.807) is 17.0 Å². The van der Waals surface area contributed by atoms with Crippen LogP contribution in [0.5, 0.6) is 0 Å². The van der Waals surface area contributed by atoms with E-state index in [4.69, 9.17) is 0 Å². The fraction of sp³-hybridized carbons (Fsp3) is 0.478. The van der Waals surface area contributed by atoms with Gasteiger partial charge in [-0.3, -0.25) is 24.1 Å². The highest BCUT2D eigenvalue weighted by molar-refractivity contribution is 8.18. The first-order chi connectivity index (χ1) is 15.9. The van der Waals surface area contributed by atoms with Crippen molar-refractivity contribution in [2.75, 3.05) is 31.6 Å². The quantitative estimate of drug-likeness (QED) is 0.530. The van der Waals surface area contributed by atoms with Gasteiger partial charge in [-0.2, -0.15) is 0 Å². The van der Waals surface area contributed by atoms with Crippen LogP contribution in [0.4, 0.5) is 9.18 Å². The molecule has 2 aliphatic rings. The highest BCUT2D eigenvalue weighted by Crippen LogP contribution is 2.32. The van der Waals surface area contributed by atoms with Crippen molar-refractivity contribution in [3.63, 3.8) is 0 Å². The second-order valence-electron chi connectivity index (χ2n) is 7.99. The molecule has 1 aliphatic heterocycles. The molecule has 33 heavy (non-hydrogen) atoms. The number of rotatable bonds is 9. The summed E-state index contributed by atoms with van der Waals surface area (Å²) in [6.07, 6.45) is 6.96. The maximum atomic E-state index is 13.8. The summed E-state index contributed by atoms with van der Waals surface area (Å²) in [4.78, 5) is 52.0. The molecule has 2 fully saturated rings. The third kappa shape index (κ3) is 7.07. The van der Waals surface area contributed by atoms with Gasteiger partial charge in [-0.05, 0) is 36.7 Å². The Morgan fingerprint density at radius 2 is 1.94 bits per heavy atom. The van der Waals surface area contributed by atoms with E-state index in [1.165, 1.54) is 36.4 Å². The molecule has 1 N–H and O–H groups in total. The first-order valence-electron chi connectivity index (χ1n) is 11.0. The van der Waals surface area contributed by atoms with E-state index in [0.29, 0.717) is 6.04 Å². The summed E-state index contributed by atoms with van der Waals surface area (Å²) in [5.74, 6) is -0.851. The van der Waals surface area contributed by atoms with Crippen LogP contribution in [0.1, 0.15) is 37.7 Å². The monoisotopic (exact) mass is 493 g/mol. The van der Waals surface area contributed by atoms with Crippen molar-refractivity contribution in [2.45, 2.75) is 38.1 Å². The van der Waals surface area contributed by atoms with Crippen LogP contribution in [0.25, 0.3) is 6.08 Å². The van der Waals surface area contributed by atoms with Crippen LogP contribution >= 0.6 is 23.5 Å². The zero-order valence-electron chi connectivity index (χ0n) is 18.5. The number of thioether (sulfide) groups is 2. The lowest BCUT2D eigenvalue weighted by atomic mass is 9.94. The Morgan fingerprint density at radius 3 is 2.67 bits per heavy atom. The lowest BCUT2D eigenvalue weighted by molar-refractivity contribution is -0.129. The predicted molar refractivity (Wildman–Crippen MR) is 129 cm³/mol. The number of benzene rings is 1. The first-order valence-corrected chi connectivity index (χ1v) is 12.9. The molecule has 1 aliphatic carbocycles. The van der Waals surface area contributed by atoms with Gasteiger partial charge in [0.05, 0.1) is 16.4 Å². The summed E-state index contributed by atoms with van der Waals surface area (Å²) >= 11 is 2.00. The van der Waals surface area contributed by atoms with Crippen molar-refractivity contribution >= 4 is 52.6 Å². The number of hydrogen-bond acceptors (Lipinski definition) is 6. The molecule has 178 valence electrons. The number of carbonyl (C=O) groups is 4. The molecule has 0 spiro atoms. The molecule has 1 saturated heterocycles. The highest BCUT2D eigenvalue weighted by Gasteiger charge is 2.34. The molecule has 10 heteroatoms. The van der Waals surface area contributed by atoms with Gasteiger partial charge in [0.2, 0.25) is 11.8 Å². The molecule has 0 radical (unpaired) electrons. The molecule has 3 rings (SSSR count). The fourth-order valence-electron chi connectivity index (χ4n) is 3.79. The third-order valence-corrected chi connectivity index (χ3v) is 7.52. The average molecular weight is 494 g/mol. The van der Waals surface area contributed by atoms with Crippen LogP contribution in [-0.2, 0) is 14.4 Å². The van der Waals surface area contributed by atoms with Crippen molar-refractivity contribution in [1.82, 2.24) is 15.1 Å². The number of nitrogens with zero attached hydrogens (tertiary/aromatic N) is 2. The van der Waals surface area contributed by atoms with Gasteiger partial charge in [-0.1, -0.05) is 37.5 Å². The van der Waals surface area contributed by atoms with E-state index in [-0.39, 0.29) is 46.9 Å². The molecular formula is C23H28FN3O4S2. The summed E-state index contributed by atoms with van der Waals surface area (Å²) in [5.41, 5.74) is 0.233. The molecule has 7 nitrogen and oxygen atoms in total. The molecular weight excluding hydrogens is 465 g/mol. The summed E-state index contributed by atoms with van der Waals surface area (Å²) in [6.45, 7) is 0.138. The predicted octanol–water partition coefficient (Wildman–Crippen LogP) is 3.50. The standard InChI is InChI=1S/C23H28FN3O4S2/c1-26(17-8-3-2-4-9-17)21(29)15-32-14-20(28)25-11-12-27-22(30)19(33-23(27)31)13-16-7-5-6-10-18(16)24/h5-7,10,13,17H,2-4,8-9,11-12,14-15H2,1H3,(H,25,28). The van der Waals surface area contributed by atoms with Crippen molar-refractivity contribution in [1.29, 1.82) is 0 Å². The molecule has 0 aromatic heterocycles. The van der Waals surface area contributed by atoms with Crippen LogP contribution in [-0.4, -0.2) is 70.4 Å². The van der Waals surface area contributed by atoms with Crippen LogP contribution < -0.4 is 5.32 Å². The number of nitrogens with one attached hydrogen (secondary N) is 1. The van der Waals surface area contributed by atoms with Crippen molar-refractivity contribution in [3.05, 3.63) is 40.6 Å². The zero-order valence-corrected chi connectivity index (χ0v) is 20.2. The Balaban J connectivity index is 1.38. The fourth-order valence-corrected chi connectivity index (χ4v) is 5.41. The largest absolute Gasteiger partial charge is 0.354 e. The van der Waals surface area contributed by atoms with E-state index in [2.05, 4.69) is 5.32 Å². The molecule has 1 aromatic carbocycles. The van der Waals surface area contributed by atoms with Crippen LogP contribution in [0, 0.1) is 5.82 Å². The molecule has 4 amide bonds. The minimum atomic E-state index is -0.506. The molecule has 1 aromatic rings. The molecule has 1 saturated carbocycles. The number of halogens is 1. The van der Waals surface area contributed by atoms with E-state index < -0.39 is 17.0 Å².